The number of alkyl halides is 1. The molecule has 0 saturated carbocycles. The molecule has 1 aliphatic rings. The van der Waals surface area contributed by atoms with Gasteiger partial charge in [-0.2, -0.15) is 0 Å². The van der Waals surface area contributed by atoms with Crippen molar-refractivity contribution in [1.29, 1.82) is 0 Å². The van der Waals surface area contributed by atoms with E-state index in [2.05, 4.69) is 112 Å². The molecule has 0 atom stereocenters. The van der Waals surface area contributed by atoms with Crippen LogP contribution in [0.2, 0.25) is 0 Å². The lowest BCUT2D eigenvalue weighted by atomic mass is 10.1. The van der Waals surface area contributed by atoms with E-state index in [1.54, 1.807) is 127 Å². The van der Waals surface area contributed by atoms with E-state index in [4.69, 9.17) is 11.6 Å². The second-order valence-corrected chi connectivity index (χ2v) is 20.7. The van der Waals surface area contributed by atoms with Crippen LogP contribution in [0.3, 0.4) is 0 Å². The molecule has 0 aliphatic carbocycles. The van der Waals surface area contributed by atoms with E-state index in [1.165, 1.54) is 35.4 Å². The molecule has 10 aromatic rings. The molecule has 0 bridgehead atoms. The number of anilines is 8. The summed E-state index contributed by atoms with van der Waals surface area (Å²) in [5.41, 5.74) is 11.2. The van der Waals surface area contributed by atoms with E-state index >= 15 is 0 Å². The Bertz CT molecular complexity index is 3910. The minimum atomic E-state index is -1.00. The highest BCUT2D eigenvalue weighted by atomic mass is 79.9. The highest BCUT2D eigenvalue weighted by molar-refractivity contribution is 9.10. The van der Waals surface area contributed by atoms with Gasteiger partial charge in [-0.25, -0.2) is 49.5 Å². The van der Waals surface area contributed by atoms with Gasteiger partial charge in [0, 0.05) is 115 Å². The van der Waals surface area contributed by atoms with Crippen molar-refractivity contribution in [2.45, 2.75) is 13.8 Å². The lowest BCUT2D eigenvalue weighted by Gasteiger charge is -2.32. The minimum absolute atomic E-state index is 0.0425. The first-order valence-electron chi connectivity index (χ1n) is 27.2. The molecule has 6 aromatic carbocycles. The SMILES string of the molecule is Cc1ccc(-c2cnc(Nc3ccc(C(=O)N4CCN(C)C(=O)C4)cc3)nc2)cc1.Cc1ccc(-c2cnc(Nc3ccc(C(=O)O)cc3)nc2)cc1.O=C(O)c1ccc(Nc2ncc(Br)cn2)cc1.O=Cc1ccc(Nc2ncc(Br)cn2)cc1.[2H]CF. The third kappa shape index (κ3) is 20.0. The van der Waals surface area contributed by atoms with E-state index in [0.29, 0.717) is 48.0 Å². The van der Waals surface area contributed by atoms with Crippen LogP contribution in [0.25, 0.3) is 22.3 Å². The Morgan fingerprint density at radius 2 is 0.795 bits per heavy atom. The fourth-order valence-corrected chi connectivity index (χ4v) is 8.10. The number of carbonyl (C=O) groups excluding carboxylic acids is 3. The maximum absolute atomic E-state index is 12.6. The second-order valence-electron chi connectivity index (χ2n) is 18.9. The highest BCUT2D eigenvalue weighted by Gasteiger charge is 2.25. The zero-order valence-electron chi connectivity index (χ0n) is 48.4. The van der Waals surface area contributed by atoms with Crippen molar-refractivity contribution in [3.8, 4) is 22.3 Å². The molecule has 88 heavy (non-hydrogen) atoms. The Morgan fingerprint density at radius 3 is 1.10 bits per heavy atom. The lowest BCUT2D eigenvalue weighted by molar-refractivity contribution is -0.133. The number of nitrogens with one attached hydrogen (secondary N) is 4. The number of hydrogen-bond acceptors (Lipinski definition) is 17. The number of halogens is 3. The van der Waals surface area contributed by atoms with Gasteiger partial charge >= 0.3 is 11.9 Å². The van der Waals surface area contributed by atoms with Gasteiger partial charge in [-0.1, -0.05) is 59.7 Å². The second kappa shape index (κ2) is 32.5. The number of nitrogens with zero attached hydrogens (tertiary/aromatic N) is 10. The van der Waals surface area contributed by atoms with Crippen molar-refractivity contribution in [1.82, 2.24) is 49.7 Å². The topological polar surface area (TPSA) is 284 Å². The van der Waals surface area contributed by atoms with Gasteiger partial charge in [-0.15, -0.1) is 0 Å². The lowest BCUT2D eigenvalue weighted by Crippen LogP contribution is -2.50. The summed E-state index contributed by atoms with van der Waals surface area (Å²) in [6.07, 6.45) is 14.5. The van der Waals surface area contributed by atoms with Gasteiger partial charge in [0.25, 0.3) is 5.91 Å². The number of aromatic nitrogens is 8. The van der Waals surface area contributed by atoms with E-state index in [-0.39, 0.29) is 29.5 Å². The number of aryl methyl sites for hydroxylation is 2. The van der Waals surface area contributed by atoms with Crippen molar-refractivity contribution in [3.63, 3.8) is 0 Å². The Balaban J connectivity index is 0.000000172. The van der Waals surface area contributed by atoms with E-state index in [1.807, 2.05) is 55.5 Å². The van der Waals surface area contributed by atoms with Crippen molar-refractivity contribution >= 4 is 108 Å². The first kappa shape index (κ1) is 63.3. The molecule has 0 unspecified atom stereocenters. The maximum Gasteiger partial charge on any atom is 0.335 e. The first-order valence-corrected chi connectivity index (χ1v) is 28.1. The van der Waals surface area contributed by atoms with Crippen LogP contribution in [0, 0.1) is 13.8 Å². The average Bonchev–Trinajstić information content (AvgIpc) is 3.61. The Kier molecular flexibility index (Phi) is 23.4. The molecule has 21 nitrogen and oxygen atoms in total. The number of carboxylic acid groups (broad SMARTS) is 2. The number of rotatable bonds is 14. The number of benzene rings is 6. The standard InChI is InChI=1S/C23H23N5O2.C18H15N3O2.C11H8BrN3O2.C11H8BrN3O.CH3F/c1-16-3-5-17(6-4-16)19-13-24-23(25-14-19)26-20-9-7-18(8-10-20)22(30)28-12-11-27(2)21(29)15-28;1-12-2-4-13(5-3-12)15-10-19-18(20-11-15)21-16-8-6-14(7-9-16)17(22)23;12-8-5-13-11(14-6-8)15-9-3-1-7(2-4-9)10(16)17;12-9-5-13-11(14-6-9)15-10-3-1-8(7-16)2-4-10;1-2/h3-10,13-14H,11-12,15H2,1-2H3,(H,24,25,26);2-11H,1H3,(H,22,23)(H,19,20,21);1-6H,(H,16,17)(H,13,14,15);1-7H,(H,13,14,15);1H3/i;;;;1D. The van der Waals surface area contributed by atoms with Crippen LogP contribution < -0.4 is 21.3 Å². The number of likely N-dealkylation sites (N-methyl/N-ethyl adjacent to an activating group) is 1. The average molecular weight is 1310 g/mol. The van der Waals surface area contributed by atoms with E-state index in [0.717, 1.165) is 60.2 Å². The molecular formula is C64H57Br2FN14O7. The zero-order chi connectivity index (χ0) is 63.7. The van der Waals surface area contributed by atoms with Gasteiger partial charge in [0.1, 0.15) is 12.8 Å². The number of piperazine rings is 1. The van der Waals surface area contributed by atoms with Crippen LogP contribution in [0.4, 0.5) is 50.9 Å². The Labute approximate surface area is 524 Å². The normalized spacial score (nSPS) is 11.4. The van der Waals surface area contributed by atoms with Crippen LogP contribution in [0.5, 0.6) is 0 Å². The van der Waals surface area contributed by atoms with Gasteiger partial charge in [0.2, 0.25) is 29.7 Å². The molecule has 11 rings (SSSR count). The molecule has 1 saturated heterocycles. The number of carbonyl (C=O) groups is 5. The number of amides is 2. The van der Waals surface area contributed by atoms with Crippen molar-refractivity contribution in [2.24, 2.45) is 0 Å². The summed E-state index contributed by atoms with van der Waals surface area (Å²) in [5, 5.41) is 29.8. The Morgan fingerprint density at radius 1 is 0.489 bits per heavy atom. The summed E-state index contributed by atoms with van der Waals surface area (Å²) in [5.74, 6) is -0.163. The van der Waals surface area contributed by atoms with Gasteiger partial charge in [0.15, 0.2) is 0 Å². The number of carboxylic acids is 2. The fourth-order valence-electron chi connectivity index (χ4n) is 7.69. The molecule has 446 valence electrons. The first-order chi connectivity index (χ1) is 42.9. The molecule has 5 heterocycles. The van der Waals surface area contributed by atoms with Crippen LogP contribution in [-0.2, 0) is 4.79 Å². The van der Waals surface area contributed by atoms with Crippen molar-refractivity contribution in [3.05, 3.63) is 237 Å². The minimum Gasteiger partial charge on any atom is -0.478 e. The number of aldehydes is 1. The predicted molar refractivity (Wildman–Crippen MR) is 343 cm³/mol. The van der Waals surface area contributed by atoms with Crippen molar-refractivity contribution in [2.75, 3.05) is 55.1 Å². The van der Waals surface area contributed by atoms with Crippen LogP contribution in [0.1, 0.15) is 53.9 Å². The number of hydrogen-bond donors (Lipinski definition) is 6. The van der Waals surface area contributed by atoms with E-state index < -0.39 is 19.1 Å². The van der Waals surface area contributed by atoms with Crippen LogP contribution in [0.15, 0.2) is 204 Å². The Hall–Kier alpha value is -10.7. The summed E-state index contributed by atoms with van der Waals surface area (Å²) >= 11 is 6.50. The van der Waals surface area contributed by atoms with Gasteiger partial charge < -0.3 is 41.3 Å². The van der Waals surface area contributed by atoms with Gasteiger partial charge in [0.05, 0.1) is 28.6 Å². The summed E-state index contributed by atoms with van der Waals surface area (Å²) in [4.78, 5) is 93.2. The maximum atomic E-state index is 12.6. The molecule has 24 heteroatoms. The monoisotopic (exact) mass is 1310 g/mol. The predicted octanol–water partition coefficient (Wildman–Crippen LogP) is 13.1. The fraction of sp³-hybridized carbons (Fsp3) is 0.109. The zero-order valence-corrected chi connectivity index (χ0v) is 50.6. The smallest absolute Gasteiger partial charge is 0.335 e. The van der Waals surface area contributed by atoms with E-state index in [9.17, 15) is 28.4 Å². The summed E-state index contributed by atoms with van der Waals surface area (Å²) < 4.78 is 17.1. The van der Waals surface area contributed by atoms with Gasteiger partial charge in [-0.3, -0.25) is 18.8 Å². The van der Waals surface area contributed by atoms with Crippen LogP contribution in [-0.4, -0.2) is 124 Å². The molecule has 2 amide bonds. The summed E-state index contributed by atoms with van der Waals surface area (Å²) in [7, 11) is 0.750. The largest absolute Gasteiger partial charge is 0.478 e. The number of aromatic carboxylic acids is 2. The molecular weight excluding hydrogens is 1260 g/mol. The van der Waals surface area contributed by atoms with Crippen LogP contribution >= 0.6 is 31.9 Å². The van der Waals surface area contributed by atoms with Crippen molar-refractivity contribution < 1.29 is 39.9 Å². The van der Waals surface area contributed by atoms with Gasteiger partial charge in [-0.05, 0) is 154 Å². The molecule has 1 fully saturated rings. The molecule has 0 spiro atoms. The molecule has 1 aliphatic heterocycles. The highest BCUT2D eigenvalue weighted by Crippen LogP contribution is 2.24. The quantitative estimate of drug-likeness (QED) is 0.0552. The third-order valence-corrected chi connectivity index (χ3v) is 13.3. The molecule has 0 radical (unpaired) electrons. The molecule has 6 N–H and O–H groups in total. The molecule has 4 aromatic heterocycles. The summed E-state index contributed by atoms with van der Waals surface area (Å²) in [6.45, 7) is 5.32. The summed E-state index contributed by atoms with van der Waals surface area (Å²) in [6, 6.07) is 43.3. The third-order valence-electron chi connectivity index (χ3n) is 12.5.